The number of hydrogen-bond donors (Lipinski definition) is 2. The number of fused-ring (bicyclic) bond motifs is 1. The Kier molecular flexibility index (Phi) is 4.99. The number of rotatable bonds is 4. The fraction of sp³-hybridized carbons (Fsp3) is 0.100. The minimum Gasteiger partial charge on any atom is -0.448 e. The van der Waals surface area contributed by atoms with Crippen LogP contribution in [0.25, 0.3) is 10.9 Å². The van der Waals surface area contributed by atoms with E-state index >= 15 is 0 Å². The average molecular weight is 361 g/mol. The van der Waals surface area contributed by atoms with E-state index in [4.69, 9.17) is 10.00 Å². The van der Waals surface area contributed by atoms with E-state index in [0.29, 0.717) is 22.2 Å². The molecule has 0 aliphatic heterocycles. The normalized spacial score (nSPS) is 11.4. The van der Waals surface area contributed by atoms with Crippen molar-refractivity contribution in [2.45, 2.75) is 13.0 Å². The third kappa shape index (κ3) is 4.02. The van der Waals surface area contributed by atoms with Gasteiger partial charge in [0.15, 0.2) is 11.5 Å². The van der Waals surface area contributed by atoms with E-state index in [1.54, 1.807) is 48.5 Å². The first kappa shape index (κ1) is 17.9. The lowest BCUT2D eigenvalue weighted by Gasteiger charge is -2.13. The lowest BCUT2D eigenvalue weighted by Crippen LogP contribution is -2.30. The molecule has 3 aromatic rings. The van der Waals surface area contributed by atoms with Gasteiger partial charge in [0.2, 0.25) is 0 Å². The first-order chi connectivity index (χ1) is 13.0. The minimum absolute atomic E-state index is 0.0308. The van der Waals surface area contributed by atoms with Crippen LogP contribution in [0.1, 0.15) is 23.0 Å². The molecule has 0 aliphatic rings. The number of carbonyl (C=O) groups is 2. The van der Waals surface area contributed by atoms with Crippen molar-refractivity contribution in [2.24, 2.45) is 0 Å². The Labute approximate surface area is 154 Å². The van der Waals surface area contributed by atoms with Crippen molar-refractivity contribution < 1.29 is 14.3 Å². The second-order valence-corrected chi connectivity index (χ2v) is 5.82. The van der Waals surface area contributed by atoms with Crippen molar-refractivity contribution in [3.63, 3.8) is 0 Å². The van der Waals surface area contributed by atoms with Crippen molar-refractivity contribution in [1.82, 2.24) is 4.98 Å². The second kappa shape index (κ2) is 7.54. The van der Waals surface area contributed by atoms with E-state index in [-0.39, 0.29) is 11.1 Å². The van der Waals surface area contributed by atoms with Crippen LogP contribution < -0.4 is 10.7 Å². The van der Waals surface area contributed by atoms with Gasteiger partial charge in [-0.1, -0.05) is 12.1 Å². The summed E-state index contributed by atoms with van der Waals surface area (Å²) in [4.78, 5) is 39.4. The smallest absolute Gasteiger partial charge is 0.355 e. The summed E-state index contributed by atoms with van der Waals surface area (Å²) in [6, 6.07) is 16.2. The maximum absolute atomic E-state index is 12.3. The largest absolute Gasteiger partial charge is 0.448 e. The van der Waals surface area contributed by atoms with E-state index in [0.717, 1.165) is 6.07 Å². The van der Waals surface area contributed by atoms with Crippen LogP contribution in [0.5, 0.6) is 0 Å². The number of H-pyrrole nitrogens is 1. The minimum atomic E-state index is -1.08. The Morgan fingerprint density at radius 3 is 2.56 bits per heavy atom. The molecule has 0 spiro atoms. The molecule has 134 valence electrons. The van der Waals surface area contributed by atoms with Crippen LogP contribution in [0.4, 0.5) is 5.69 Å². The predicted molar refractivity (Wildman–Crippen MR) is 99.2 cm³/mol. The third-order valence-corrected chi connectivity index (χ3v) is 3.89. The van der Waals surface area contributed by atoms with Crippen molar-refractivity contribution in [3.8, 4) is 6.07 Å². The molecule has 2 N–H and O–H groups in total. The number of anilines is 1. The quantitative estimate of drug-likeness (QED) is 0.694. The summed E-state index contributed by atoms with van der Waals surface area (Å²) in [7, 11) is 0. The molecule has 1 atom stereocenters. The molecule has 2 aromatic carbocycles. The Balaban J connectivity index is 1.70. The van der Waals surface area contributed by atoms with Crippen molar-refractivity contribution in [3.05, 3.63) is 76.1 Å². The highest BCUT2D eigenvalue weighted by Gasteiger charge is 2.20. The zero-order chi connectivity index (χ0) is 19.4. The fourth-order valence-corrected chi connectivity index (χ4v) is 2.46. The zero-order valence-electron chi connectivity index (χ0n) is 14.4. The van der Waals surface area contributed by atoms with Crippen molar-refractivity contribution >= 4 is 28.5 Å². The summed E-state index contributed by atoms with van der Waals surface area (Å²) in [5, 5.41) is 11.8. The number of nitrogens with one attached hydrogen (secondary N) is 2. The van der Waals surface area contributed by atoms with Crippen LogP contribution in [-0.2, 0) is 9.53 Å². The SMILES string of the molecule is C[C@@H](OC(=O)c1cc(=O)c2ccccc2[nH]1)C(=O)Nc1ccc(C#N)cc1. The zero-order valence-corrected chi connectivity index (χ0v) is 14.4. The molecule has 0 unspecified atom stereocenters. The number of aromatic amines is 1. The maximum atomic E-state index is 12.3. The molecule has 3 rings (SSSR count). The molecule has 1 heterocycles. The fourth-order valence-electron chi connectivity index (χ4n) is 2.46. The molecule has 1 amide bonds. The van der Waals surface area contributed by atoms with E-state index in [9.17, 15) is 14.4 Å². The van der Waals surface area contributed by atoms with Crippen LogP contribution in [0.15, 0.2) is 59.4 Å². The number of ether oxygens (including phenoxy) is 1. The summed E-state index contributed by atoms with van der Waals surface area (Å²) in [6.45, 7) is 1.43. The van der Waals surface area contributed by atoms with Gasteiger partial charge in [0, 0.05) is 22.7 Å². The number of carbonyl (C=O) groups excluding carboxylic acids is 2. The van der Waals surface area contributed by atoms with Crippen LogP contribution in [0.3, 0.4) is 0 Å². The summed E-state index contributed by atoms with van der Waals surface area (Å²) < 4.78 is 5.15. The standard InChI is InChI=1S/C20H15N3O4/c1-12(19(25)22-14-8-6-13(11-21)7-9-14)27-20(26)17-10-18(24)15-4-2-3-5-16(15)23-17/h2-10,12H,1H3,(H,22,25)(H,23,24)/t12-/m1/s1. The number of nitrogens with zero attached hydrogens (tertiary/aromatic N) is 1. The van der Waals surface area contributed by atoms with Gasteiger partial charge in [-0.15, -0.1) is 0 Å². The van der Waals surface area contributed by atoms with Gasteiger partial charge in [0.1, 0.15) is 5.69 Å². The lowest BCUT2D eigenvalue weighted by atomic mass is 10.2. The number of pyridine rings is 1. The number of esters is 1. The highest BCUT2D eigenvalue weighted by atomic mass is 16.5. The number of amides is 1. The molecule has 0 bridgehead atoms. The van der Waals surface area contributed by atoms with Crippen LogP contribution in [-0.4, -0.2) is 23.0 Å². The van der Waals surface area contributed by atoms with Gasteiger partial charge in [0.25, 0.3) is 5.91 Å². The highest BCUT2D eigenvalue weighted by molar-refractivity contribution is 5.97. The van der Waals surface area contributed by atoms with Gasteiger partial charge in [-0.2, -0.15) is 5.26 Å². The second-order valence-electron chi connectivity index (χ2n) is 5.82. The van der Waals surface area contributed by atoms with Crippen LogP contribution >= 0.6 is 0 Å². The van der Waals surface area contributed by atoms with Crippen molar-refractivity contribution in [1.29, 1.82) is 5.26 Å². The van der Waals surface area contributed by atoms with Crippen LogP contribution in [0.2, 0.25) is 0 Å². The van der Waals surface area contributed by atoms with E-state index in [1.807, 2.05) is 6.07 Å². The molecule has 0 saturated carbocycles. The number of hydrogen-bond acceptors (Lipinski definition) is 5. The molecule has 0 radical (unpaired) electrons. The summed E-state index contributed by atoms with van der Waals surface area (Å²) in [5.41, 5.74) is 1.10. The van der Waals surface area contributed by atoms with Gasteiger partial charge in [-0.05, 0) is 43.3 Å². The summed E-state index contributed by atoms with van der Waals surface area (Å²) in [5.74, 6) is -1.34. The molecule has 7 heteroatoms. The maximum Gasteiger partial charge on any atom is 0.355 e. The molecular weight excluding hydrogens is 346 g/mol. The third-order valence-electron chi connectivity index (χ3n) is 3.89. The number of nitriles is 1. The average Bonchev–Trinajstić information content (AvgIpc) is 2.68. The molecule has 1 aromatic heterocycles. The molecule has 27 heavy (non-hydrogen) atoms. The van der Waals surface area contributed by atoms with E-state index in [2.05, 4.69) is 10.3 Å². The Morgan fingerprint density at radius 2 is 1.85 bits per heavy atom. The molecule has 0 fully saturated rings. The number of benzene rings is 2. The molecular formula is C20H15N3O4. The van der Waals surface area contributed by atoms with Crippen LogP contribution in [0, 0.1) is 11.3 Å². The molecule has 0 saturated heterocycles. The van der Waals surface area contributed by atoms with Gasteiger partial charge in [-0.3, -0.25) is 9.59 Å². The Hall–Kier alpha value is -3.92. The van der Waals surface area contributed by atoms with Gasteiger partial charge >= 0.3 is 5.97 Å². The van der Waals surface area contributed by atoms with Gasteiger partial charge < -0.3 is 15.0 Å². The summed E-state index contributed by atoms with van der Waals surface area (Å²) >= 11 is 0. The summed E-state index contributed by atoms with van der Waals surface area (Å²) in [6.07, 6.45) is -1.08. The van der Waals surface area contributed by atoms with Crippen molar-refractivity contribution in [2.75, 3.05) is 5.32 Å². The Bertz CT molecular complexity index is 1110. The number of para-hydroxylation sites is 1. The van der Waals surface area contributed by atoms with E-state index < -0.39 is 18.0 Å². The first-order valence-electron chi connectivity index (χ1n) is 8.12. The molecule has 7 nitrogen and oxygen atoms in total. The Morgan fingerprint density at radius 1 is 1.15 bits per heavy atom. The first-order valence-corrected chi connectivity index (χ1v) is 8.12. The topological polar surface area (TPSA) is 112 Å². The lowest BCUT2D eigenvalue weighted by molar-refractivity contribution is -0.123. The van der Waals surface area contributed by atoms with Gasteiger partial charge in [-0.25, -0.2) is 4.79 Å². The predicted octanol–water partition coefficient (Wildman–Crippen LogP) is 2.58. The monoisotopic (exact) mass is 361 g/mol. The highest BCUT2D eigenvalue weighted by Crippen LogP contribution is 2.11. The molecule has 0 aliphatic carbocycles. The van der Waals surface area contributed by atoms with E-state index in [1.165, 1.54) is 6.92 Å². The number of aromatic nitrogens is 1. The van der Waals surface area contributed by atoms with Gasteiger partial charge in [0.05, 0.1) is 11.6 Å².